The predicted molar refractivity (Wildman–Crippen MR) is 79.6 cm³/mol. The molecule has 0 spiro atoms. The summed E-state index contributed by atoms with van der Waals surface area (Å²) in [4.78, 5) is 0. The van der Waals surface area contributed by atoms with Crippen molar-refractivity contribution in [3.8, 4) is 11.5 Å². The molecule has 1 aromatic carbocycles. The van der Waals surface area contributed by atoms with Crippen molar-refractivity contribution in [1.82, 2.24) is 5.32 Å². The van der Waals surface area contributed by atoms with E-state index in [0.29, 0.717) is 13.2 Å². The average Bonchev–Trinajstić information content (AvgIpc) is 2.50. The van der Waals surface area contributed by atoms with E-state index in [0.717, 1.165) is 30.9 Å². The van der Waals surface area contributed by atoms with Crippen LogP contribution in [0.3, 0.4) is 0 Å². The Morgan fingerprint density at radius 2 is 2.00 bits per heavy atom. The van der Waals surface area contributed by atoms with Crippen LogP contribution in [0.25, 0.3) is 0 Å². The molecule has 2 atom stereocenters. The van der Waals surface area contributed by atoms with Gasteiger partial charge in [-0.05, 0) is 44.0 Å². The van der Waals surface area contributed by atoms with E-state index in [2.05, 4.69) is 31.3 Å². The van der Waals surface area contributed by atoms with Gasteiger partial charge in [-0.15, -0.1) is 0 Å². The first-order valence-electron chi connectivity index (χ1n) is 7.40. The summed E-state index contributed by atoms with van der Waals surface area (Å²) in [5.41, 5.74) is 1.23. The fraction of sp³-hybridized carbons (Fsp3) is 0.625. The number of methoxy groups -OCH3 is 1. The highest BCUT2D eigenvalue weighted by Crippen LogP contribution is 2.33. The Balaban J connectivity index is 2.14. The maximum Gasteiger partial charge on any atom is 0.161 e. The second-order valence-electron chi connectivity index (χ2n) is 5.19. The van der Waals surface area contributed by atoms with Crippen molar-refractivity contribution in [3.05, 3.63) is 23.8 Å². The van der Waals surface area contributed by atoms with Crippen LogP contribution in [0.1, 0.15) is 38.3 Å². The highest BCUT2D eigenvalue weighted by Gasteiger charge is 2.18. The third kappa shape index (κ3) is 3.87. The summed E-state index contributed by atoms with van der Waals surface area (Å²) in [6.45, 7) is 6.52. The number of hydrogen-bond donors (Lipinski definition) is 1. The Kier molecular flexibility index (Phi) is 5.68. The van der Waals surface area contributed by atoms with Gasteiger partial charge in [0.1, 0.15) is 13.2 Å². The van der Waals surface area contributed by atoms with Gasteiger partial charge < -0.3 is 19.5 Å². The molecular weight excluding hydrogens is 254 g/mol. The SMILES string of the molecule is CCCNC(CC(C)OC)c1ccc2c(c1)OCCO2. The Hall–Kier alpha value is -1.26. The second kappa shape index (κ2) is 7.50. The van der Waals surface area contributed by atoms with E-state index in [4.69, 9.17) is 14.2 Å². The molecule has 112 valence electrons. The van der Waals surface area contributed by atoms with Crippen molar-refractivity contribution in [3.63, 3.8) is 0 Å². The van der Waals surface area contributed by atoms with Gasteiger partial charge in [0.2, 0.25) is 0 Å². The van der Waals surface area contributed by atoms with Gasteiger partial charge in [0, 0.05) is 13.2 Å². The van der Waals surface area contributed by atoms with Crippen molar-refractivity contribution >= 4 is 0 Å². The van der Waals surface area contributed by atoms with Gasteiger partial charge in [-0.2, -0.15) is 0 Å². The van der Waals surface area contributed by atoms with Crippen LogP contribution in [0.5, 0.6) is 11.5 Å². The number of benzene rings is 1. The van der Waals surface area contributed by atoms with Crippen molar-refractivity contribution in [1.29, 1.82) is 0 Å². The zero-order valence-corrected chi connectivity index (χ0v) is 12.6. The molecule has 2 unspecified atom stereocenters. The first-order valence-corrected chi connectivity index (χ1v) is 7.40. The molecule has 0 saturated heterocycles. The maximum absolute atomic E-state index is 5.67. The van der Waals surface area contributed by atoms with E-state index in [1.165, 1.54) is 5.56 Å². The van der Waals surface area contributed by atoms with Crippen LogP contribution in [0.4, 0.5) is 0 Å². The van der Waals surface area contributed by atoms with E-state index >= 15 is 0 Å². The largest absolute Gasteiger partial charge is 0.486 e. The van der Waals surface area contributed by atoms with Gasteiger partial charge in [0.25, 0.3) is 0 Å². The van der Waals surface area contributed by atoms with Crippen LogP contribution < -0.4 is 14.8 Å². The first-order chi connectivity index (χ1) is 9.74. The van der Waals surface area contributed by atoms with Gasteiger partial charge >= 0.3 is 0 Å². The van der Waals surface area contributed by atoms with Crippen molar-refractivity contribution < 1.29 is 14.2 Å². The molecule has 0 fully saturated rings. The van der Waals surface area contributed by atoms with Crippen LogP contribution in [0.15, 0.2) is 18.2 Å². The lowest BCUT2D eigenvalue weighted by Gasteiger charge is -2.24. The molecule has 0 aromatic heterocycles. The number of ether oxygens (including phenoxy) is 3. The number of hydrogen-bond acceptors (Lipinski definition) is 4. The highest BCUT2D eigenvalue weighted by molar-refractivity contribution is 5.44. The molecule has 4 nitrogen and oxygen atoms in total. The molecule has 2 rings (SSSR count). The minimum Gasteiger partial charge on any atom is -0.486 e. The van der Waals surface area contributed by atoms with Gasteiger partial charge in [-0.25, -0.2) is 0 Å². The molecule has 0 aliphatic carbocycles. The Morgan fingerprint density at radius 3 is 2.70 bits per heavy atom. The van der Waals surface area contributed by atoms with Crippen molar-refractivity contribution in [2.75, 3.05) is 26.9 Å². The average molecular weight is 279 g/mol. The molecule has 0 radical (unpaired) electrons. The molecule has 0 amide bonds. The van der Waals surface area contributed by atoms with Gasteiger partial charge in [-0.3, -0.25) is 0 Å². The Labute approximate surface area is 121 Å². The highest BCUT2D eigenvalue weighted by atomic mass is 16.6. The minimum absolute atomic E-state index is 0.220. The zero-order valence-electron chi connectivity index (χ0n) is 12.6. The topological polar surface area (TPSA) is 39.7 Å². The fourth-order valence-electron chi connectivity index (χ4n) is 2.36. The van der Waals surface area contributed by atoms with Crippen LogP contribution in [-0.2, 0) is 4.74 Å². The summed E-state index contributed by atoms with van der Waals surface area (Å²) < 4.78 is 16.6. The summed E-state index contributed by atoms with van der Waals surface area (Å²) in [5.74, 6) is 1.69. The Bertz CT molecular complexity index is 422. The number of rotatable bonds is 7. The Morgan fingerprint density at radius 1 is 1.25 bits per heavy atom. The molecule has 0 saturated carbocycles. The van der Waals surface area contributed by atoms with Gasteiger partial charge in [0.05, 0.1) is 6.10 Å². The molecule has 20 heavy (non-hydrogen) atoms. The number of nitrogens with one attached hydrogen (secondary N) is 1. The maximum atomic E-state index is 5.67. The molecule has 0 bridgehead atoms. The molecule has 4 heteroatoms. The summed E-state index contributed by atoms with van der Waals surface area (Å²) >= 11 is 0. The smallest absolute Gasteiger partial charge is 0.161 e. The quantitative estimate of drug-likeness (QED) is 0.833. The van der Waals surface area contributed by atoms with E-state index in [1.807, 2.05) is 6.07 Å². The molecule has 1 N–H and O–H groups in total. The van der Waals surface area contributed by atoms with E-state index in [1.54, 1.807) is 7.11 Å². The van der Waals surface area contributed by atoms with Gasteiger partial charge in [0.15, 0.2) is 11.5 Å². The molecular formula is C16H25NO3. The lowest BCUT2D eigenvalue weighted by molar-refractivity contribution is 0.100. The predicted octanol–water partition coefficient (Wildman–Crippen LogP) is 2.92. The summed E-state index contributed by atoms with van der Waals surface area (Å²) in [5, 5.41) is 3.58. The third-order valence-electron chi connectivity index (χ3n) is 3.58. The van der Waals surface area contributed by atoms with Crippen molar-refractivity contribution in [2.24, 2.45) is 0 Å². The van der Waals surface area contributed by atoms with Gasteiger partial charge in [-0.1, -0.05) is 13.0 Å². The van der Waals surface area contributed by atoms with E-state index < -0.39 is 0 Å². The monoisotopic (exact) mass is 279 g/mol. The van der Waals surface area contributed by atoms with Crippen LogP contribution >= 0.6 is 0 Å². The lowest BCUT2D eigenvalue weighted by atomic mass is 10.00. The summed E-state index contributed by atoms with van der Waals surface area (Å²) in [6.07, 6.45) is 2.27. The minimum atomic E-state index is 0.220. The first kappa shape index (κ1) is 15.1. The lowest BCUT2D eigenvalue weighted by Crippen LogP contribution is -2.26. The van der Waals surface area contributed by atoms with Crippen molar-refractivity contribution in [2.45, 2.75) is 38.8 Å². The molecule has 1 aliphatic rings. The number of fused-ring (bicyclic) bond motifs is 1. The normalized spacial score (nSPS) is 16.8. The van der Waals surface area contributed by atoms with Crippen LogP contribution in [0, 0.1) is 0 Å². The van der Waals surface area contributed by atoms with E-state index in [9.17, 15) is 0 Å². The zero-order chi connectivity index (χ0) is 14.4. The molecule has 1 aliphatic heterocycles. The second-order valence-corrected chi connectivity index (χ2v) is 5.19. The fourth-order valence-corrected chi connectivity index (χ4v) is 2.36. The van der Waals surface area contributed by atoms with E-state index in [-0.39, 0.29) is 12.1 Å². The van der Waals surface area contributed by atoms with Crippen LogP contribution in [-0.4, -0.2) is 33.0 Å². The standard InChI is InChI=1S/C16H25NO3/c1-4-7-17-14(10-12(2)18-3)13-5-6-15-16(11-13)20-9-8-19-15/h5-6,11-12,14,17H,4,7-10H2,1-3H3. The summed E-state index contributed by atoms with van der Waals surface area (Å²) in [6, 6.07) is 6.48. The summed E-state index contributed by atoms with van der Waals surface area (Å²) in [7, 11) is 1.76. The third-order valence-corrected chi connectivity index (χ3v) is 3.58. The van der Waals surface area contributed by atoms with Crippen LogP contribution in [0.2, 0.25) is 0 Å². The molecule has 1 aromatic rings. The molecule has 1 heterocycles.